The molecule has 0 N–H and O–H groups in total. The highest BCUT2D eigenvalue weighted by Gasteiger charge is 2.16. The maximum absolute atomic E-state index is 12.6. The van der Waals surface area contributed by atoms with Crippen LogP contribution in [0.2, 0.25) is 0 Å². The lowest BCUT2D eigenvalue weighted by atomic mass is 10.1. The standard InChI is InChI=1S/C20H20N2O3S/c1-22-17(14-7-5-4-6-8-14)12-21-20(22)26-13-18(23)16-10-9-15(24-2)11-19(16)25-3/h4-12H,13H2,1-3H3. The summed E-state index contributed by atoms with van der Waals surface area (Å²) in [6.07, 6.45) is 1.83. The zero-order valence-electron chi connectivity index (χ0n) is 14.9. The molecule has 0 saturated heterocycles. The highest BCUT2D eigenvalue weighted by atomic mass is 32.2. The number of ketones is 1. The van der Waals surface area contributed by atoms with E-state index in [0.29, 0.717) is 17.1 Å². The van der Waals surface area contributed by atoms with Crippen LogP contribution in [0.1, 0.15) is 10.4 Å². The van der Waals surface area contributed by atoms with Crippen molar-refractivity contribution in [1.82, 2.24) is 9.55 Å². The van der Waals surface area contributed by atoms with Gasteiger partial charge in [0.2, 0.25) is 0 Å². The van der Waals surface area contributed by atoms with Crippen molar-refractivity contribution in [2.24, 2.45) is 7.05 Å². The van der Waals surface area contributed by atoms with Gasteiger partial charge in [0.15, 0.2) is 10.9 Å². The van der Waals surface area contributed by atoms with Crippen molar-refractivity contribution in [2.75, 3.05) is 20.0 Å². The van der Waals surface area contributed by atoms with Crippen molar-refractivity contribution < 1.29 is 14.3 Å². The number of ether oxygens (including phenoxy) is 2. The molecule has 0 saturated carbocycles. The van der Waals surface area contributed by atoms with Gasteiger partial charge in [-0.1, -0.05) is 42.1 Å². The second-order valence-electron chi connectivity index (χ2n) is 5.63. The SMILES string of the molecule is COc1ccc(C(=O)CSc2ncc(-c3ccccc3)n2C)c(OC)c1. The Labute approximate surface area is 157 Å². The smallest absolute Gasteiger partial charge is 0.176 e. The Morgan fingerprint density at radius 2 is 1.88 bits per heavy atom. The van der Waals surface area contributed by atoms with E-state index >= 15 is 0 Å². The third kappa shape index (κ3) is 3.75. The molecule has 1 heterocycles. The summed E-state index contributed by atoms with van der Waals surface area (Å²) in [7, 11) is 5.08. The van der Waals surface area contributed by atoms with Gasteiger partial charge in [0.1, 0.15) is 11.5 Å². The first-order valence-electron chi connectivity index (χ1n) is 8.09. The summed E-state index contributed by atoms with van der Waals surface area (Å²) in [4.78, 5) is 17.1. The van der Waals surface area contributed by atoms with E-state index in [2.05, 4.69) is 4.98 Å². The Kier molecular flexibility index (Phi) is 5.63. The Bertz CT molecular complexity index is 907. The molecule has 0 amide bonds. The van der Waals surface area contributed by atoms with Crippen LogP contribution in [0.5, 0.6) is 11.5 Å². The van der Waals surface area contributed by atoms with Gasteiger partial charge in [0.05, 0.1) is 37.4 Å². The van der Waals surface area contributed by atoms with Crippen molar-refractivity contribution in [2.45, 2.75) is 5.16 Å². The van der Waals surface area contributed by atoms with Gasteiger partial charge in [-0.25, -0.2) is 4.98 Å². The molecule has 0 aliphatic carbocycles. The Morgan fingerprint density at radius 3 is 2.58 bits per heavy atom. The zero-order valence-corrected chi connectivity index (χ0v) is 15.7. The molecule has 26 heavy (non-hydrogen) atoms. The average Bonchev–Trinajstić information content (AvgIpc) is 3.06. The largest absolute Gasteiger partial charge is 0.497 e. The summed E-state index contributed by atoms with van der Waals surface area (Å²) in [5.41, 5.74) is 2.65. The summed E-state index contributed by atoms with van der Waals surface area (Å²) >= 11 is 1.41. The molecule has 0 atom stereocenters. The molecule has 2 aromatic carbocycles. The Balaban J connectivity index is 1.74. The first kappa shape index (κ1) is 18.1. The number of carbonyl (C=O) groups excluding carboxylic acids is 1. The summed E-state index contributed by atoms with van der Waals surface area (Å²) in [5.74, 6) is 1.43. The number of nitrogens with zero attached hydrogens (tertiary/aromatic N) is 2. The molecule has 1 aromatic heterocycles. The number of imidazole rings is 1. The quantitative estimate of drug-likeness (QED) is 0.465. The number of hydrogen-bond acceptors (Lipinski definition) is 5. The molecule has 0 fully saturated rings. The van der Waals surface area contributed by atoms with Crippen LogP contribution in [0.15, 0.2) is 59.9 Å². The second kappa shape index (κ2) is 8.10. The molecule has 3 aromatic rings. The maximum atomic E-state index is 12.6. The fourth-order valence-corrected chi connectivity index (χ4v) is 3.48. The topological polar surface area (TPSA) is 53.3 Å². The molecule has 0 bridgehead atoms. The monoisotopic (exact) mass is 368 g/mol. The average molecular weight is 368 g/mol. The number of methoxy groups -OCH3 is 2. The number of thioether (sulfide) groups is 1. The van der Waals surface area contributed by atoms with E-state index in [-0.39, 0.29) is 11.5 Å². The van der Waals surface area contributed by atoms with E-state index in [1.165, 1.54) is 11.8 Å². The van der Waals surface area contributed by atoms with Crippen LogP contribution in [-0.4, -0.2) is 35.3 Å². The van der Waals surface area contributed by atoms with E-state index in [1.54, 1.807) is 32.4 Å². The molecule has 0 aliphatic heterocycles. The molecule has 134 valence electrons. The fraction of sp³-hybridized carbons (Fsp3) is 0.200. The predicted molar refractivity (Wildman–Crippen MR) is 103 cm³/mol. The third-order valence-electron chi connectivity index (χ3n) is 4.06. The maximum Gasteiger partial charge on any atom is 0.176 e. The number of benzene rings is 2. The third-order valence-corrected chi connectivity index (χ3v) is 5.10. The minimum absolute atomic E-state index is 0.0150. The van der Waals surface area contributed by atoms with Crippen LogP contribution in [-0.2, 0) is 7.05 Å². The van der Waals surface area contributed by atoms with Crippen molar-refractivity contribution in [3.8, 4) is 22.8 Å². The number of aromatic nitrogens is 2. The highest BCUT2D eigenvalue weighted by molar-refractivity contribution is 7.99. The molecule has 0 spiro atoms. The van der Waals surface area contributed by atoms with Gasteiger partial charge in [-0.3, -0.25) is 4.79 Å². The first-order chi connectivity index (χ1) is 12.6. The summed E-state index contributed by atoms with van der Waals surface area (Å²) in [6, 6.07) is 15.3. The van der Waals surface area contributed by atoms with Crippen LogP contribution >= 0.6 is 11.8 Å². The number of Topliss-reactive ketones (excluding diaryl/α,β-unsaturated/α-hetero) is 1. The fourth-order valence-electron chi connectivity index (χ4n) is 2.64. The molecular formula is C20H20N2O3S. The van der Waals surface area contributed by atoms with Crippen LogP contribution in [0.3, 0.4) is 0 Å². The predicted octanol–water partition coefficient (Wildman–Crippen LogP) is 4.08. The Morgan fingerprint density at radius 1 is 1.12 bits per heavy atom. The zero-order chi connectivity index (χ0) is 18.5. The normalized spacial score (nSPS) is 10.6. The molecule has 0 unspecified atom stereocenters. The molecule has 6 heteroatoms. The van der Waals surface area contributed by atoms with Gasteiger partial charge in [0.25, 0.3) is 0 Å². The molecule has 0 radical (unpaired) electrons. The first-order valence-corrected chi connectivity index (χ1v) is 9.07. The lowest BCUT2D eigenvalue weighted by Crippen LogP contribution is -2.06. The molecule has 0 aliphatic rings. The minimum Gasteiger partial charge on any atom is -0.497 e. The van der Waals surface area contributed by atoms with Gasteiger partial charge in [-0.05, 0) is 17.7 Å². The molecule has 5 nitrogen and oxygen atoms in total. The van der Waals surface area contributed by atoms with E-state index in [1.807, 2.05) is 48.1 Å². The van der Waals surface area contributed by atoms with Gasteiger partial charge < -0.3 is 14.0 Å². The van der Waals surface area contributed by atoms with Crippen molar-refractivity contribution in [1.29, 1.82) is 0 Å². The van der Waals surface area contributed by atoms with Crippen molar-refractivity contribution in [3.05, 3.63) is 60.3 Å². The van der Waals surface area contributed by atoms with Gasteiger partial charge >= 0.3 is 0 Å². The molecule has 3 rings (SSSR count). The number of carbonyl (C=O) groups is 1. The van der Waals surface area contributed by atoms with Crippen LogP contribution in [0.4, 0.5) is 0 Å². The van der Waals surface area contributed by atoms with Gasteiger partial charge in [-0.2, -0.15) is 0 Å². The van der Waals surface area contributed by atoms with Gasteiger partial charge in [0, 0.05) is 13.1 Å². The summed E-state index contributed by atoms with van der Waals surface area (Å²) in [5, 5.41) is 0.796. The Hall–Kier alpha value is -2.73. The lowest BCUT2D eigenvalue weighted by Gasteiger charge is -2.10. The van der Waals surface area contributed by atoms with Gasteiger partial charge in [-0.15, -0.1) is 0 Å². The summed E-state index contributed by atoms with van der Waals surface area (Å²) < 4.78 is 12.5. The van der Waals surface area contributed by atoms with E-state index < -0.39 is 0 Å². The minimum atomic E-state index is -0.0150. The van der Waals surface area contributed by atoms with E-state index in [9.17, 15) is 4.79 Å². The van der Waals surface area contributed by atoms with Crippen LogP contribution < -0.4 is 9.47 Å². The van der Waals surface area contributed by atoms with Crippen molar-refractivity contribution in [3.63, 3.8) is 0 Å². The van der Waals surface area contributed by atoms with Crippen LogP contribution in [0, 0.1) is 0 Å². The summed E-state index contributed by atoms with van der Waals surface area (Å²) in [6.45, 7) is 0. The van der Waals surface area contributed by atoms with E-state index in [4.69, 9.17) is 9.47 Å². The van der Waals surface area contributed by atoms with Crippen LogP contribution in [0.25, 0.3) is 11.3 Å². The number of rotatable bonds is 7. The molecular weight excluding hydrogens is 348 g/mol. The second-order valence-corrected chi connectivity index (χ2v) is 6.57. The van der Waals surface area contributed by atoms with E-state index in [0.717, 1.165) is 16.4 Å². The van der Waals surface area contributed by atoms with Crippen molar-refractivity contribution >= 4 is 17.5 Å². The lowest BCUT2D eigenvalue weighted by molar-refractivity contribution is 0.101. The highest BCUT2D eigenvalue weighted by Crippen LogP contribution is 2.28. The number of hydrogen-bond donors (Lipinski definition) is 0.